The number of hydrogen-bond acceptors (Lipinski definition) is 3. The van der Waals surface area contributed by atoms with E-state index in [4.69, 9.17) is 9.47 Å². The number of rotatable bonds is 4. The standard InChI is InChI=1S/C66H41NO2/c1-2-17-42(18-3-1)43-33-36-45(37-34-43)67(46-38-39-49-48-21-6-7-22-50(48)65(57(49)41-46)51-23-8-12-29-59(51)68-60-30-13-9-24-52(60)65)58-28-16-27-55-64(58)63-47-20-5-4-19-44(47)35-40-56(63)66(55)53-25-10-14-31-61(53)69-62-32-15-11-26-54(62)66/h1-41H. The first-order chi connectivity index (χ1) is 34.2. The molecule has 0 bridgehead atoms. The van der Waals surface area contributed by atoms with E-state index in [1.807, 2.05) is 0 Å². The molecule has 2 aliphatic heterocycles. The Labute approximate surface area is 400 Å². The van der Waals surface area contributed by atoms with Crippen molar-refractivity contribution in [2.45, 2.75) is 10.8 Å². The number of anilines is 3. The second-order valence-electron chi connectivity index (χ2n) is 18.6. The Hall–Kier alpha value is -8.92. The number of para-hydroxylation sites is 4. The Kier molecular flexibility index (Phi) is 7.92. The van der Waals surface area contributed by atoms with Crippen molar-refractivity contribution in [3.05, 3.63) is 293 Å². The fraction of sp³-hybridized carbons (Fsp3) is 0.0303. The Bertz CT molecular complexity index is 3830. The van der Waals surface area contributed by atoms with Crippen LogP contribution in [-0.2, 0) is 10.8 Å². The average molecular weight is 880 g/mol. The highest BCUT2D eigenvalue weighted by Gasteiger charge is 2.54. The first kappa shape index (κ1) is 38.2. The van der Waals surface area contributed by atoms with Gasteiger partial charge in [0.05, 0.1) is 16.5 Å². The molecule has 0 saturated carbocycles. The van der Waals surface area contributed by atoms with Crippen LogP contribution in [0.3, 0.4) is 0 Å². The molecule has 69 heavy (non-hydrogen) atoms. The average Bonchev–Trinajstić information content (AvgIpc) is 3.88. The molecule has 3 nitrogen and oxygen atoms in total. The Morgan fingerprint density at radius 2 is 0.768 bits per heavy atom. The van der Waals surface area contributed by atoms with Crippen molar-refractivity contribution in [2.75, 3.05) is 4.90 Å². The van der Waals surface area contributed by atoms with E-state index in [0.717, 1.165) is 62.3 Å². The first-order valence-corrected chi connectivity index (χ1v) is 23.8. The zero-order valence-electron chi connectivity index (χ0n) is 37.4. The van der Waals surface area contributed by atoms with Gasteiger partial charge in [0.2, 0.25) is 0 Å². The van der Waals surface area contributed by atoms with Gasteiger partial charge in [0, 0.05) is 39.2 Å². The van der Waals surface area contributed by atoms with Crippen LogP contribution in [0.1, 0.15) is 44.5 Å². The highest BCUT2D eigenvalue weighted by molar-refractivity contribution is 6.09. The molecule has 0 atom stereocenters. The molecule has 0 N–H and O–H groups in total. The minimum absolute atomic E-state index is 0.628. The molecule has 0 amide bonds. The van der Waals surface area contributed by atoms with Gasteiger partial charge in [-0.15, -0.1) is 0 Å². The van der Waals surface area contributed by atoms with E-state index in [9.17, 15) is 0 Å². The van der Waals surface area contributed by atoms with Gasteiger partial charge in [-0.1, -0.05) is 194 Å². The SMILES string of the molecule is c1ccc(-c2ccc(N(c3ccc4c(c3)C3(c5ccccc5Oc5ccccc53)c3ccccc3-4)c3cccc4c3-c3c(ccc5ccccc35)C43c4ccccc4Oc4ccccc43)cc2)cc1. The van der Waals surface area contributed by atoms with E-state index in [0.29, 0.717) is 0 Å². The lowest BCUT2D eigenvalue weighted by atomic mass is 9.66. The van der Waals surface area contributed by atoms with E-state index in [1.54, 1.807) is 0 Å². The van der Waals surface area contributed by atoms with Crippen molar-refractivity contribution < 1.29 is 9.47 Å². The summed E-state index contributed by atoms with van der Waals surface area (Å²) in [5.41, 5.74) is 18.8. The van der Waals surface area contributed by atoms with Crippen LogP contribution in [0.2, 0.25) is 0 Å². The Balaban J connectivity index is 1.05. The quantitative estimate of drug-likeness (QED) is 0.176. The molecule has 2 heterocycles. The second kappa shape index (κ2) is 14.3. The van der Waals surface area contributed by atoms with Gasteiger partial charge in [0.15, 0.2) is 0 Å². The highest BCUT2D eigenvalue weighted by atomic mass is 16.5. The Morgan fingerprint density at radius 3 is 1.42 bits per heavy atom. The lowest BCUT2D eigenvalue weighted by Crippen LogP contribution is -2.32. The van der Waals surface area contributed by atoms with Gasteiger partial charge < -0.3 is 14.4 Å². The minimum atomic E-state index is -0.655. The van der Waals surface area contributed by atoms with E-state index in [1.165, 1.54) is 66.4 Å². The van der Waals surface area contributed by atoms with E-state index in [2.05, 4.69) is 254 Å². The first-order valence-electron chi connectivity index (χ1n) is 23.8. The van der Waals surface area contributed by atoms with Crippen LogP contribution in [0.25, 0.3) is 44.2 Å². The summed E-state index contributed by atoms with van der Waals surface area (Å²) in [6, 6.07) is 91.0. The van der Waals surface area contributed by atoms with Gasteiger partial charge >= 0.3 is 0 Å². The molecule has 2 aliphatic carbocycles. The van der Waals surface area contributed by atoms with Crippen molar-refractivity contribution in [2.24, 2.45) is 0 Å². The van der Waals surface area contributed by atoms with Crippen LogP contribution in [0.15, 0.2) is 249 Å². The molecule has 0 saturated heterocycles. The van der Waals surface area contributed by atoms with Crippen molar-refractivity contribution >= 4 is 27.8 Å². The third kappa shape index (κ3) is 5.06. The molecular weight excluding hydrogens is 839 g/mol. The number of nitrogens with zero attached hydrogens (tertiary/aromatic N) is 1. The zero-order valence-corrected chi connectivity index (χ0v) is 37.4. The smallest absolute Gasteiger partial charge is 0.132 e. The van der Waals surface area contributed by atoms with Gasteiger partial charge in [-0.2, -0.15) is 0 Å². The number of hydrogen-bond donors (Lipinski definition) is 0. The van der Waals surface area contributed by atoms with Gasteiger partial charge in [-0.05, 0) is 115 Å². The lowest BCUT2D eigenvalue weighted by molar-refractivity contribution is 0.436. The van der Waals surface area contributed by atoms with Crippen LogP contribution >= 0.6 is 0 Å². The van der Waals surface area contributed by atoms with Crippen molar-refractivity contribution in [3.63, 3.8) is 0 Å². The van der Waals surface area contributed by atoms with Gasteiger partial charge in [-0.3, -0.25) is 0 Å². The van der Waals surface area contributed by atoms with Crippen LogP contribution in [0.4, 0.5) is 17.1 Å². The Morgan fingerprint density at radius 1 is 0.290 bits per heavy atom. The van der Waals surface area contributed by atoms with Gasteiger partial charge in [0.25, 0.3) is 0 Å². The summed E-state index contributed by atoms with van der Waals surface area (Å²) in [7, 11) is 0. The fourth-order valence-electron chi connectivity index (χ4n) is 12.7. The molecule has 322 valence electrons. The largest absolute Gasteiger partial charge is 0.457 e. The van der Waals surface area contributed by atoms with Crippen LogP contribution in [0.5, 0.6) is 23.0 Å². The second-order valence-corrected chi connectivity index (χ2v) is 18.6. The molecule has 15 rings (SSSR count). The maximum atomic E-state index is 6.80. The van der Waals surface area contributed by atoms with E-state index in [-0.39, 0.29) is 0 Å². The van der Waals surface area contributed by atoms with Crippen LogP contribution in [-0.4, -0.2) is 0 Å². The van der Waals surface area contributed by atoms with Crippen molar-refractivity contribution in [1.29, 1.82) is 0 Å². The summed E-state index contributed by atoms with van der Waals surface area (Å²) >= 11 is 0. The molecule has 4 aliphatic rings. The number of ether oxygens (including phenoxy) is 2. The third-order valence-electron chi connectivity index (χ3n) is 15.4. The lowest BCUT2D eigenvalue weighted by Gasteiger charge is -2.40. The van der Waals surface area contributed by atoms with Crippen LogP contribution in [0, 0.1) is 0 Å². The molecule has 11 aromatic rings. The van der Waals surface area contributed by atoms with Crippen molar-refractivity contribution in [3.8, 4) is 56.4 Å². The topological polar surface area (TPSA) is 21.7 Å². The zero-order chi connectivity index (χ0) is 45.3. The maximum absolute atomic E-state index is 6.80. The highest BCUT2D eigenvalue weighted by Crippen LogP contribution is 2.66. The molecule has 0 radical (unpaired) electrons. The van der Waals surface area contributed by atoms with E-state index >= 15 is 0 Å². The molecule has 0 aromatic heterocycles. The van der Waals surface area contributed by atoms with Crippen molar-refractivity contribution in [1.82, 2.24) is 0 Å². The normalized spacial score (nSPS) is 14.3. The molecular formula is C66H41NO2. The maximum Gasteiger partial charge on any atom is 0.132 e. The monoisotopic (exact) mass is 879 g/mol. The van der Waals surface area contributed by atoms with Crippen LogP contribution < -0.4 is 14.4 Å². The summed E-state index contributed by atoms with van der Waals surface area (Å²) in [6.45, 7) is 0. The number of benzene rings is 11. The summed E-state index contributed by atoms with van der Waals surface area (Å²) in [5.74, 6) is 3.51. The predicted molar refractivity (Wildman–Crippen MR) is 279 cm³/mol. The summed E-state index contributed by atoms with van der Waals surface area (Å²) in [4.78, 5) is 2.52. The summed E-state index contributed by atoms with van der Waals surface area (Å²) in [6.07, 6.45) is 0. The predicted octanol–water partition coefficient (Wildman–Crippen LogP) is 16.9. The molecule has 2 spiro atoms. The number of fused-ring (bicyclic) bond motifs is 20. The van der Waals surface area contributed by atoms with Gasteiger partial charge in [0.1, 0.15) is 23.0 Å². The molecule has 0 unspecified atom stereocenters. The minimum Gasteiger partial charge on any atom is -0.457 e. The fourth-order valence-corrected chi connectivity index (χ4v) is 12.7. The molecule has 11 aromatic carbocycles. The third-order valence-corrected chi connectivity index (χ3v) is 15.4. The molecule has 3 heteroatoms. The van der Waals surface area contributed by atoms with Gasteiger partial charge in [-0.25, -0.2) is 0 Å². The molecule has 0 fully saturated rings. The van der Waals surface area contributed by atoms with E-state index < -0.39 is 10.8 Å². The summed E-state index contributed by atoms with van der Waals surface area (Å²) in [5, 5.41) is 2.43. The summed E-state index contributed by atoms with van der Waals surface area (Å²) < 4.78 is 13.6.